The molecule has 0 spiro atoms. The van der Waals surface area contributed by atoms with Crippen LogP contribution in [0.1, 0.15) is 11.7 Å². The molecule has 0 aliphatic heterocycles. The molecule has 2 heterocycles. The number of hydrogen-bond acceptors (Lipinski definition) is 5. The summed E-state index contributed by atoms with van der Waals surface area (Å²) >= 11 is 0. The molecule has 1 N–H and O–H groups in total. The normalized spacial score (nSPS) is 10.5. The largest absolute Gasteiger partial charge is 0.337 e. The van der Waals surface area contributed by atoms with Crippen molar-refractivity contribution in [3.8, 4) is 0 Å². The Morgan fingerprint density at radius 1 is 1.53 bits per heavy atom. The van der Waals surface area contributed by atoms with Crippen molar-refractivity contribution < 1.29 is 4.52 Å². The van der Waals surface area contributed by atoms with Crippen LogP contribution < -0.4 is 11.2 Å². The van der Waals surface area contributed by atoms with E-state index in [9.17, 15) is 9.59 Å². The molecular formula is C8H8N4O3. The van der Waals surface area contributed by atoms with Crippen molar-refractivity contribution in [2.75, 3.05) is 0 Å². The number of aromatic amines is 1. The molecule has 2 rings (SSSR count). The second-order valence-corrected chi connectivity index (χ2v) is 2.97. The lowest BCUT2D eigenvalue weighted by molar-refractivity contribution is 0.365. The third-order valence-electron chi connectivity index (χ3n) is 1.77. The van der Waals surface area contributed by atoms with Gasteiger partial charge < -0.3 is 4.52 Å². The number of H-pyrrole nitrogens is 1. The fraction of sp³-hybridized carbons (Fsp3) is 0.250. The van der Waals surface area contributed by atoms with Crippen LogP contribution >= 0.6 is 0 Å². The zero-order valence-electron chi connectivity index (χ0n) is 7.93. The van der Waals surface area contributed by atoms with Crippen LogP contribution in [0.4, 0.5) is 0 Å². The van der Waals surface area contributed by atoms with Gasteiger partial charge in [-0.15, -0.1) is 0 Å². The Bertz CT molecular complexity index is 580. The number of rotatable bonds is 2. The predicted molar refractivity (Wildman–Crippen MR) is 49.5 cm³/mol. The molecule has 0 saturated heterocycles. The first-order valence-corrected chi connectivity index (χ1v) is 4.24. The lowest BCUT2D eigenvalue weighted by Crippen LogP contribution is -2.28. The van der Waals surface area contributed by atoms with Gasteiger partial charge in [0.2, 0.25) is 5.89 Å². The van der Waals surface area contributed by atoms with Crippen LogP contribution in [0.5, 0.6) is 0 Å². The van der Waals surface area contributed by atoms with Crippen molar-refractivity contribution in [3.63, 3.8) is 0 Å². The topological polar surface area (TPSA) is 93.8 Å². The lowest BCUT2D eigenvalue weighted by atomic mass is 10.5. The average molecular weight is 208 g/mol. The second kappa shape index (κ2) is 3.52. The second-order valence-electron chi connectivity index (χ2n) is 2.97. The Hall–Kier alpha value is -2.18. The van der Waals surface area contributed by atoms with E-state index < -0.39 is 11.2 Å². The maximum Gasteiger partial charge on any atom is 0.328 e. The summed E-state index contributed by atoms with van der Waals surface area (Å²) in [5.41, 5.74) is -0.934. The third kappa shape index (κ3) is 2.01. The van der Waals surface area contributed by atoms with Crippen molar-refractivity contribution in [1.29, 1.82) is 0 Å². The number of aryl methyl sites for hydroxylation is 1. The summed E-state index contributed by atoms with van der Waals surface area (Å²) in [5.74, 6) is 0.823. The van der Waals surface area contributed by atoms with E-state index in [4.69, 9.17) is 4.52 Å². The molecule has 0 amide bonds. The van der Waals surface area contributed by atoms with Crippen LogP contribution in [0.25, 0.3) is 0 Å². The minimum Gasteiger partial charge on any atom is -0.337 e. The highest BCUT2D eigenvalue weighted by Gasteiger charge is 2.04. The maximum absolute atomic E-state index is 11.3. The van der Waals surface area contributed by atoms with Gasteiger partial charge in [-0.1, -0.05) is 5.16 Å². The zero-order chi connectivity index (χ0) is 10.8. The lowest BCUT2D eigenvalue weighted by Gasteiger charge is -1.98. The summed E-state index contributed by atoms with van der Waals surface area (Å²) in [5, 5.41) is 3.59. The molecule has 7 nitrogen and oxygen atoms in total. The van der Waals surface area contributed by atoms with Crippen molar-refractivity contribution in [3.05, 3.63) is 44.8 Å². The van der Waals surface area contributed by atoms with Gasteiger partial charge in [-0.05, 0) is 6.92 Å². The summed E-state index contributed by atoms with van der Waals surface area (Å²) < 4.78 is 6.11. The average Bonchev–Trinajstić information content (AvgIpc) is 2.56. The summed E-state index contributed by atoms with van der Waals surface area (Å²) in [4.78, 5) is 28.1. The molecule has 2 aromatic rings. The summed E-state index contributed by atoms with van der Waals surface area (Å²) in [6.45, 7) is 1.83. The molecule has 7 heteroatoms. The van der Waals surface area contributed by atoms with E-state index in [2.05, 4.69) is 15.1 Å². The van der Waals surface area contributed by atoms with Gasteiger partial charge >= 0.3 is 5.69 Å². The van der Waals surface area contributed by atoms with Crippen LogP contribution in [0.3, 0.4) is 0 Å². The van der Waals surface area contributed by atoms with Crippen molar-refractivity contribution >= 4 is 0 Å². The van der Waals surface area contributed by atoms with E-state index in [1.54, 1.807) is 6.92 Å². The van der Waals surface area contributed by atoms with E-state index in [1.165, 1.54) is 16.8 Å². The smallest absolute Gasteiger partial charge is 0.328 e. The van der Waals surface area contributed by atoms with Crippen LogP contribution in [0.2, 0.25) is 0 Å². The van der Waals surface area contributed by atoms with Crippen LogP contribution in [0, 0.1) is 6.92 Å². The molecule has 0 radical (unpaired) electrons. The maximum atomic E-state index is 11.3. The van der Waals surface area contributed by atoms with Gasteiger partial charge in [0, 0.05) is 12.3 Å². The molecule has 0 bridgehead atoms. The highest BCUT2D eigenvalue weighted by molar-refractivity contribution is 4.88. The van der Waals surface area contributed by atoms with Crippen molar-refractivity contribution in [2.45, 2.75) is 13.5 Å². The van der Waals surface area contributed by atoms with Gasteiger partial charge in [0.15, 0.2) is 5.82 Å². The van der Waals surface area contributed by atoms with Crippen molar-refractivity contribution in [1.82, 2.24) is 19.7 Å². The minimum absolute atomic E-state index is 0.149. The Kier molecular flexibility index (Phi) is 2.20. The molecule has 0 aliphatic rings. The Morgan fingerprint density at radius 2 is 2.33 bits per heavy atom. The van der Waals surface area contributed by atoms with E-state index >= 15 is 0 Å². The molecule has 78 valence electrons. The predicted octanol–water partition coefficient (Wildman–Crippen LogP) is -0.724. The monoisotopic (exact) mass is 208 g/mol. The molecule has 15 heavy (non-hydrogen) atoms. The van der Waals surface area contributed by atoms with E-state index in [1.807, 2.05) is 0 Å². The van der Waals surface area contributed by atoms with Gasteiger partial charge in [-0.3, -0.25) is 14.3 Å². The Morgan fingerprint density at radius 3 is 2.93 bits per heavy atom. The molecule has 0 atom stereocenters. The van der Waals surface area contributed by atoms with Crippen molar-refractivity contribution in [2.24, 2.45) is 0 Å². The standard InChI is InChI=1S/C8H8N4O3/c1-5-9-7(15-11-5)4-12-3-2-6(13)10-8(12)14/h2-3H,4H2,1H3,(H,10,13,14). The molecule has 0 saturated carbocycles. The summed E-state index contributed by atoms with van der Waals surface area (Å²) in [6.07, 6.45) is 1.38. The summed E-state index contributed by atoms with van der Waals surface area (Å²) in [7, 11) is 0. The first-order chi connectivity index (χ1) is 7.15. The fourth-order valence-corrected chi connectivity index (χ4v) is 1.12. The first-order valence-electron chi connectivity index (χ1n) is 4.24. The third-order valence-corrected chi connectivity index (χ3v) is 1.77. The van der Waals surface area contributed by atoms with Gasteiger partial charge in [0.1, 0.15) is 6.54 Å². The van der Waals surface area contributed by atoms with Gasteiger partial charge in [-0.25, -0.2) is 4.79 Å². The number of aromatic nitrogens is 4. The SMILES string of the molecule is Cc1noc(Cn2ccc(=O)[nH]c2=O)n1. The highest BCUT2D eigenvalue weighted by atomic mass is 16.5. The minimum atomic E-state index is -0.502. The fourth-order valence-electron chi connectivity index (χ4n) is 1.12. The van der Waals surface area contributed by atoms with Crippen LogP contribution in [-0.4, -0.2) is 19.7 Å². The number of hydrogen-bond donors (Lipinski definition) is 1. The molecule has 0 unspecified atom stereocenters. The highest BCUT2D eigenvalue weighted by Crippen LogP contribution is 1.96. The molecule has 0 fully saturated rings. The Balaban J connectivity index is 2.32. The zero-order valence-corrected chi connectivity index (χ0v) is 7.93. The van der Waals surface area contributed by atoms with Gasteiger partial charge in [0.25, 0.3) is 5.56 Å². The Labute approximate surface area is 83.4 Å². The number of nitrogens with zero attached hydrogens (tertiary/aromatic N) is 3. The van der Waals surface area contributed by atoms with E-state index in [0.717, 1.165) is 0 Å². The van der Waals surface area contributed by atoms with Gasteiger partial charge in [0.05, 0.1) is 0 Å². The summed E-state index contributed by atoms with van der Waals surface area (Å²) in [6, 6.07) is 1.25. The first kappa shape index (κ1) is 9.38. The molecule has 0 aliphatic carbocycles. The molecule has 2 aromatic heterocycles. The van der Waals surface area contributed by atoms with E-state index in [-0.39, 0.29) is 6.54 Å². The molecular weight excluding hydrogens is 200 g/mol. The van der Waals surface area contributed by atoms with Crippen LogP contribution in [0.15, 0.2) is 26.4 Å². The van der Waals surface area contributed by atoms with E-state index in [0.29, 0.717) is 11.7 Å². The number of nitrogens with one attached hydrogen (secondary N) is 1. The van der Waals surface area contributed by atoms with Gasteiger partial charge in [-0.2, -0.15) is 4.98 Å². The van der Waals surface area contributed by atoms with Crippen LogP contribution in [-0.2, 0) is 6.54 Å². The quantitative estimate of drug-likeness (QED) is 0.702. The molecule has 0 aromatic carbocycles.